The predicted octanol–water partition coefficient (Wildman–Crippen LogP) is 3.29. The minimum Gasteiger partial charge on any atom is -0.337 e. The number of hydrogen-bond donors (Lipinski definition) is 0. The first-order valence-corrected chi connectivity index (χ1v) is 9.31. The van der Waals surface area contributed by atoms with Gasteiger partial charge in [0.2, 0.25) is 0 Å². The first kappa shape index (κ1) is 16.8. The normalized spacial score (nSPS) is 22.7. The molecule has 3 fully saturated rings. The Hall–Kier alpha value is -2.64. The molecule has 2 atom stereocenters. The van der Waals surface area contributed by atoms with E-state index in [0.29, 0.717) is 23.1 Å². The fourth-order valence-electron chi connectivity index (χ4n) is 4.29. The second kappa shape index (κ2) is 7.31. The van der Waals surface area contributed by atoms with E-state index in [9.17, 15) is 10.1 Å². The third-order valence-electron chi connectivity index (χ3n) is 5.62. The molecule has 0 aliphatic carbocycles. The fourth-order valence-corrected chi connectivity index (χ4v) is 4.29. The van der Waals surface area contributed by atoms with E-state index in [4.69, 9.17) is 0 Å². The molecule has 0 N–H and O–H groups in total. The van der Waals surface area contributed by atoms with Crippen molar-refractivity contribution >= 4 is 5.91 Å². The summed E-state index contributed by atoms with van der Waals surface area (Å²) in [6.45, 7) is 3.53. The summed E-state index contributed by atoms with van der Waals surface area (Å²) in [7, 11) is 0. The summed E-state index contributed by atoms with van der Waals surface area (Å²) < 4.78 is 0. The van der Waals surface area contributed by atoms with Gasteiger partial charge in [0.15, 0.2) is 0 Å². The molecule has 2 bridgehead atoms. The van der Waals surface area contributed by atoms with Crippen LogP contribution in [0.15, 0.2) is 54.6 Å². The molecular formula is C22H23N3O. The zero-order valence-electron chi connectivity index (χ0n) is 14.8. The van der Waals surface area contributed by atoms with Crippen LogP contribution in [0.2, 0.25) is 0 Å². The van der Waals surface area contributed by atoms with Crippen molar-refractivity contribution in [3.63, 3.8) is 0 Å². The molecule has 26 heavy (non-hydrogen) atoms. The van der Waals surface area contributed by atoms with Gasteiger partial charge in [0.25, 0.3) is 5.91 Å². The molecule has 4 nitrogen and oxygen atoms in total. The summed E-state index contributed by atoms with van der Waals surface area (Å²) in [5, 5.41) is 9.31. The molecule has 1 amide bonds. The Morgan fingerprint density at radius 2 is 1.77 bits per heavy atom. The lowest BCUT2D eigenvalue weighted by molar-refractivity contribution is 0.0735. The van der Waals surface area contributed by atoms with E-state index in [1.165, 1.54) is 12.0 Å². The van der Waals surface area contributed by atoms with Gasteiger partial charge < -0.3 is 4.90 Å². The van der Waals surface area contributed by atoms with Crippen molar-refractivity contribution in [3.8, 4) is 6.07 Å². The topological polar surface area (TPSA) is 47.3 Å². The van der Waals surface area contributed by atoms with Crippen molar-refractivity contribution in [3.05, 3.63) is 71.3 Å². The van der Waals surface area contributed by atoms with Crippen LogP contribution >= 0.6 is 0 Å². The number of nitrogens with zero attached hydrogens (tertiary/aromatic N) is 3. The van der Waals surface area contributed by atoms with Gasteiger partial charge in [0, 0.05) is 32.2 Å². The summed E-state index contributed by atoms with van der Waals surface area (Å²) in [5.74, 6) is 0.510. The molecule has 3 saturated heterocycles. The minimum atomic E-state index is 0.000566. The van der Waals surface area contributed by atoms with Gasteiger partial charge in [-0.1, -0.05) is 42.5 Å². The number of carbonyl (C=O) groups excluding carboxylic acids is 1. The van der Waals surface area contributed by atoms with Gasteiger partial charge in [0.1, 0.15) is 0 Å². The molecule has 0 aromatic heterocycles. The smallest absolute Gasteiger partial charge is 0.255 e. The number of benzene rings is 2. The minimum absolute atomic E-state index is 0.000566. The maximum atomic E-state index is 13.1. The molecule has 4 heteroatoms. The largest absolute Gasteiger partial charge is 0.337 e. The molecule has 0 saturated carbocycles. The number of rotatable bonds is 3. The lowest BCUT2D eigenvalue weighted by Gasteiger charge is -2.36. The summed E-state index contributed by atoms with van der Waals surface area (Å²) in [4.78, 5) is 17.6. The maximum absolute atomic E-state index is 13.1. The Morgan fingerprint density at radius 1 is 1.00 bits per heavy atom. The highest BCUT2D eigenvalue weighted by Crippen LogP contribution is 2.30. The SMILES string of the molecule is N#Cc1ccccc1C(=O)N1C[C@H]2CC[C@@H](C1)N(Cc1ccccc1)C2. The first-order chi connectivity index (χ1) is 12.7. The molecule has 0 unspecified atom stereocenters. The average Bonchev–Trinajstić information content (AvgIpc) is 3.00. The maximum Gasteiger partial charge on any atom is 0.255 e. The van der Waals surface area contributed by atoms with Crippen LogP contribution in [0.4, 0.5) is 0 Å². The summed E-state index contributed by atoms with van der Waals surface area (Å²) >= 11 is 0. The van der Waals surface area contributed by atoms with Crippen molar-refractivity contribution in [1.82, 2.24) is 9.80 Å². The second-order valence-corrected chi connectivity index (χ2v) is 7.38. The Kier molecular flexibility index (Phi) is 4.73. The number of carbonyl (C=O) groups is 1. The zero-order chi connectivity index (χ0) is 17.9. The highest BCUT2D eigenvalue weighted by atomic mass is 16.2. The molecule has 0 radical (unpaired) electrons. The van der Waals surface area contributed by atoms with E-state index in [-0.39, 0.29) is 5.91 Å². The second-order valence-electron chi connectivity index (χ2n) is 7.38. The molecular weight excluding hydrogens is 322 g/mol. The Bertz CT molecular complexity index is 827. The van der Waals surface area contributed by atoms with Gasteiger partial charge in [-0.15, -0.1) is 0 Å². The highest BCUT2D eigenvalue weighted by molar-refractivity contribution is 5.96. The van der Waals surface area contributed by atoms with Crippen LogP contribution in [0.5, 0.6) is 0 Å². The average molecular weight is 345 g/mol. The van der Waals surface area contributed by atoms with E-state index in [0.717, 1.165) is 32.6 Å². The molecule has 2 aromatic rings. The summed E-state index contributed by atoms with van der Waals surface area (Å²) in [6.07, 6.45) is 2.32. The van der Waals surface area contributed by atoms with Gasteiger partial charge >= 0.3 is 0 Å². The number of piperidine rings is 1. The van der Waals surface area contributed by atoms with Crippen molar-refractivity contribution in [1.29, 1.82) is 5.26 Å². The van der Waals surface area contributed by atoms with Gasteiger partial charge in [-0.2, -0.15) is 5.26 Å². The number of amides is 1. The van der Waals surface area contributed by atoms with Crippen LogP contribution in [-0.2, 0) is 6.54 Å². The van der Waals surface area contributed by atoms with Gasteiger partial charge in [-0.3, -0.25) is 9.69 Å². The van der Waals surface area contributed by atoms with E-state index < -0.39 is 0 Å². The van der Waals surface area contributed by atoms with Gasteiger partial charge in [0.05, 0.1) is 17.2 Å². The van der Waals surface area contributed by atoms with Gasteiger partial charge in [-0.05, 0) is 36.5 Å². The van der Waals surface area contributed by atoms with Crippen LogP contribution in [0.25, 0.3) is 0 Å². The predicted molar refractivity (Wildman–Crippen MR) is 100 cm³/mol. The number of hydrogen-bond acceptors (Lipinski definition) is 3. The monoisotopic (exact) mass is 345 g/mol. The Balaban J connectivity index is 1.53. The lowest BCUT2D eigenvalue weighted by atomic mass is 9.94. The van der Waals surface area contributed by atoms with E-state index in [1.54, 1.807) is 12.1 Å². The van der Waals surface area contributed by atoms with Crippen molar-refractivity contribution in [2.24, 2.45) is 5.92 Å². The van der Waals surface area contributed by atoms with Crippen LogP contribution in [0.3, 0.4) is 0 Å². The highest BCUT2D eigenvalue weighted by Gasteiger charge is 2.36. The van der Waals surface area contributed by atoms with E-state index in [1.807, 2.05) is 23.1 Å². The first-order valence-electron chi connectivity index (χ1n) is 9.31. The van der Waals surface area contributed by atoms with Crippen LogP contribution in [0, 0.1) is 17.2 Å². The fraction of sp³-hybridized carbons (Fsp3) is 0.364. The van der Waals surface area contributed by atoms with Crippen molar-refractivity contribution in [2.45, 2.75) is 25.4 Å². The van der Waals surface area contributed by atoms with Crippen LogP contribution in [0.1, 0.15) is 34.3 Å². The van der Waals surface area contributed by atoms with E-state index >= 15 is 0 Å². The molecule has 3 heterocycles. The molecule has 0 spiro atoms. The molecule has 2 aromatic carbocycles. The Morgan fingerprint density at radius 3 is 2.58 bits per heavy atom. The molecule has 3 aliphatic rings. The third-order valence-corrected chi connectivity index (χ3v) is 5.62. The zero-order valence-corrected chi connectivity index (χ0v) is 14.8. The quantitative estimate of drug-likeness (QED) is 0.857. The number of nitriles is 1. The molecule has 3 aliphatic heterocycles. The third kappa shape index (κ3) is 3.36. The number of fused-ring (bicyclic) bond motifs is 4. The Labute approximate surface area is 154 Å². The summed E-state index contributed by atoms with van der Waals surface area (Å²) in [5.41, 5.74) is 2.33. The lowest BCUT2D eigenvalue weighted by Crippen LogP contribution is -2.44. The van der Waals surface area contributed by atoms with Gasteiger partial charge in [-0.25, -0.2) is 0 Å². The van der Waals surface area contributed by atoms with Crippen LogP contribution < -0.4 is 0 Å². The molecule has 132 valence electrons. The van der Waals surface area contributed by atoms with Crippen molar-refractivity contribution in [2.75, 3.05) is 19.6 Å². The molecule has 5 rings (SSSR count). The van der Waals surface area contributed by atoms with Crippen LogP contribution in [-0.4, -0.2) is 41.4 Å². The van der Waals surface area contributed by atoms with E-state index in [2.05, 4.69) is 35.2 Å². The van der Waals surface area contributed by atoms with Crippen molar-refractivity contribution < 1.29 is 4.79 Å². The summed E-state index contributed by atoms with van der Waals surface area (Å²) in [6, 6.07) is 20.2. The standard InChI is InChI=1S/C22H23N3O/c23-12-19-8-4-5-9-21(19)22(26)25-15-18-10-11-20(16-25)24(14-18)13-17-6-2-1-3-7-17/h1-9,18,20H,10-11,13-16H2/t18-,20-/m0/s1.